The highest BCUT2D eigenvalue weighted by Crippen LogP contribution is 2.26. The highest BCUT2D eigenvalue weighted by molar-refractivity contribution is 5.84. The lowest BCUT2D eigenvalue weighted by Gasteiger charge is -2.23. The normalized spacial score (nSPS) is 11.8. The fourth-order valence-corrected chi connectivity index (χ4v) is 3.04. The molecule has 1 amide bonds. The molecule has 1 N–H and O–H groups in total. The van der Waals surface area contributed by atoms with Crippen molar-refractivity contribution in [3.8, 4) is 0 Å². The van der Waals surface area contributed by atoms with Gasteiger partial charge in [-0.15, -0.1) is 0 Å². The number of ether oxygens (including phenoxy) is 1. The van der Waals surface area contributed by atoms with Crippen molar-refractivity contribution in [2.45, 2.75) is 38.3 Å². The minimum absolute atomic E-state index is 0.406. The highest BCUT2D eigenvalue weighted by Gasteiger charge is 2.27. The van der Waals surface area contributed by atoms with Gasteiger partial charge in [0.15, 0.2) is 6.10 Å². The number of unbranched alkanes of at least 4 members (excludes halogenated alkanes) is 1. The van der Waals surface area contributed by atoms with Crippen molar-refractivity contribution in [2.75, 3.05) is 0 Å². The van der Waals surface area contributed by atoms with Gasteiger partial charge in [-0.05, 0) is 17.5 Å². The molecule has 0 saturated heterocycles. The van der Waals surface area contributed by atoms with Gasteiger partial charge in [0.1, 0.15) is 12.4 Å². The molecule has 0 aliphatic carbocycles. The first kappa shape index (κ1) is 20.3. The molecular formula is C23H25N3O3. The zero-order valence-corrected chi connectivity index (χ0v) is 16.4. The molecule has 150 valence electrons. The van der Waals surface area contributed by atoms with E-state index in [9.17, 15) is 9.59 Å². The summed E-state index contributed by atoms with van der Waals surface area (Å²) in [7, 11) is 0. The predicted octanol–water partition coefficient (Wildman–Crippen LogP) is 4.33. The molecule has 6 nitrogen and oxygen atoms in total. The van der Waals surface area contributed by atoms with Crippen LogP contribution in [0.2, 0.25) is 0 Å². The Morgan fingerprint density at radius 1 is 1.03 bits per heavy atom. The number of hydrogen-bond donors (Lipinski definition) is 1. The van der Waals surface area contributed by atoms with Crippen LogP contribution in [0.15, 0.2) is 79.4 Å². The van der Waals surface area contributed by atoms with Gasteiger partial charge in [-0.25, -0.2) is 14.6 Å². The SMILES string of the molecule is CCCC[C@H](NC(=O)n1ccnc1)C(=O)OC(c1ccccc1)c1ccccc1. The molecule has 2 aromatic carbocycles. The van der Waals surface area contributed by atoms with E-state index in [1.807, 2.05) is 67.6 Å². The van der Waals surface area contributed by atoms with Gasteiger partial charge >= 0.3 is 12.0 Å². The predicted molar refractivity (Wildman–Crippen MR) is 110 cm³/mol. The summed E-state index contributed by atoms with van der Waals surface area (Å²) in [5.41, 5.74) is 1.75. The molecule has 0 aliphatic rings. The van der Waals surface area contributed by atoms with Crippen LogP contribution in [-0.2, 0) is 9.53 Å². The molecule has 0 unspecified atom stereocenters. The molecule has 3 rings (SSSR count). The van der Waals surface area contributed by atoms with E-state index in [-0.39, 0.29) is 0 Å². The third kappa shape index (κ3) is 5.54. The maximum absolute atomic E-state index is 13.0. The first-order valence-corrected chi connectivity index (χ1v) is 9.78. The first-order valence-electron chi connectivity index (χ1n) is 9.78. The van der Waals surface area contributed by atoms with Crippen LogP contribution >= 0.6 is 0 Å². The summed E-state index contributed by atoms with van der Waals surface area (Å²) >= 11 is 0. The van der Waals surface area contributed by atoms with Crippen LogP contribution < -0.4 is 5.32 Å². The summed E-state index contributed by atoms with van der Waals surface area (Å²) in [5, 5.41) is 2.77. The van der Waals surface area contributed by atoms with E-state index < -0.39 is 24.1 Å². The molecule has 1 atom stereocenters. The first-order chi connectivity index (χ1) is 14.2. The maximum atomic E-state index is 13.0. The van der Waals surface area contributed by atoms with Crippen molar-refractivity contribution in [1.29, 1.82) is 0 Å². The third-order valence-electron chi connectivity index (χ3n) is 4.61. The quantitative estimate of drug-likeness (QED) is 0.580. The summed E-state index contributed by atoms with van der Waals surface area (Å²) in [6, 6.07) is 18.0. The van der Waals surface area contributed by atoms with Crippen molar-refractivity contribution < 1.29 is 14.3 Å². The molecule has 0 spiro atoms. The van der Waals surface area contributed by atoms with E-state index in [0.717, 1.165) is 24.0 Å². The molecular weight excluding hydrogens is 366 g/mol. The summed E-state index contributed by atoms with van der Waals surface area (Å²) in [5.74, 6) is -0.454. The minimum atomic E-state index is -0.736. The number of rotatable bonds is 8. The molecule has 6 heteroatoms. The number of hydrogen-bond acceptors (Lipinski definition) is 4. The second kappa shape index (κ2) is 10.2. The molecule has 0 fully saturated rings. The van der Waals surface area contributed by atoms with E-state index in [1.54, 1.807) is 0 Å². The van der Waals surface area contributed by atoms with Gasteiger partial charge in [-0.2, -0.15) is 0 Å². The van der Waals surface area contributed by atoms with Gasteiger partial charge < -0.3 is 10.1 Å². The molecule has 0 bridgehead atoms. The summed E-state index contributed by atoms with van der Waals surface area (Å²) in [6.07, 6.45) is 6.12. The maximum Gasteiger partial charge on any atom is 0.329 e. The van der Waals surface area contributed by atoms with Gasteiger partial charge in [0, 0.05) is 12.4 Å². The largest absolute Gasteiger partial charge is 0.451 e. The smallest absolute Gasteiger partial charge is 0.329 e. The van der Waals surface area contributed by atoms with E-state index in [4.69, 9.17) is 4.74 Å². The van der Waals surface area contributed by atoms with Crippen LogP contribution in [0, 0.1) is 0 Å². The van der Waals surface area contributed by atoms with Crippen molar-refractivity contribution in [1.82, 2.24) is 14.9 Å². The molecule has 0 radical (unpaired) electrons. The van der Waals surface area contributed by atoms with Gasteiger partial charge in [-0.3, -0.25) is 4.57 Å². The summed E-state index contributed by atoms with van der Waals surface area (Å²) in [4.78, 5) is 29.3. The Morgan fingerprint density at radius 3 is 2.17 bits per heavy atom. The Bertz CT molecular complexity index is 856. The van der Waals surface area contributed by atoms with E-state index in [1.165, 1.54) is 23.3 Å². The zero-order valence-electron chi connectivity index (χ0n) is 16.4. The Kier molecular flexibility index (Phi) is 7.16. The number of aromatic nitrogens is 2. The zero-order chi connectivity index (χ0) is 20.5. The van der Waals surface area contributed by atoms with Crippen molar-refractivity contribution in [3.63, 3.8) is 0 Å². The van der Waals surface area contributed by atoms with E-state index in [0.29, 0.717) is 6.42 Å². The lowest BCUT2D eigenvalue weighted by Crippen LogP contribution is -2.43. The van der Waals surface area contributed by atoms with Crippen molar-refractivity contribution in [3.05, 3.63) is 90.5 Å². The van der Waals surface area contributed by atoms with Crippen LogP contribution in [0.25, 0.3) is 0 Å². The lowest BCUT2D eigenvalue weighted by atomic mass is 10.0. The monoisotopic (exact) mass is 391 g/mol. The average Bonchev–Trinajstić information content (AvgIpc) is 3.31. The molecule has 1 aromatic heterocycles. The number of imidazole rings is 1. The number of carbonyl (C=O) groups is 2. The van der Waals surface area contributed by atoms with Gasteiger partial charge in [0.25, 0.3) is 0 Å². The number of nitrogens with zero attached hydrogens (tertiary/aromatic N) is 2. The fourth-order valence-electron chi connectivity index (χ4n) is 3.04. The number of esters is 1. The van der Waals surface area contributed by atoms with E-state index >= 15 is 0 Å². The Hall–Kier alpha value is -3.41. The average molecular weight is 391 g/mol. The lowest BCUT2D eigenvalue weighted by molar-refractivity contribution is -0.150. The van der Waals surface area contributed by atoms with Crippen molar-refractivity contribution in [2.24, 2.45) is 0 Å². The Morgan fingerprint density at radius 2 is 1.66 bits per heavy atom. The molecule has 3 aromatic rings. The molecule has 1 heterocycles. The highest BCUT2D eigenvalue weighted by atomic mass is 16.5. The van der Waals surface area contributed by atoms with E-state index in [2.05, 4.69) is 10.3 Å². The number of benzene rings is 2. The van der Waals surface area contributed by atoms with Crippen LogP contribution in [0.4, 0.5) is 4.79 Å². The number of carbonyl (C=O) groups excluding carboxylic acids is 2. The second-order valence-electron chi connectivity index (χ2n) is 6.75. The van der Waals surface area contributed by atoms with Crippen LogP contribution in [0.5, 0.6) is 0 Å². The second-order valence-corrected chi connectivity index (χ2v) is 6.75. The van der Waals surface area contributed by atoms with Gasteiger partial charge in [0.05, 0.1) is 0 Å². The Balaban J connectivity index is 1.80. The molecule has 29 heavy (non-hydrogen) atoms. The topological polar surface area (TPSA) is 73.2 Å². The van der Waals surface area contributed by atoms with Crippen LogP contribution in [-0.4, -0.2) is 27.6 Å². The van der Waals surface area contributed by atoms with Crippen molar-refractivity contribution >= 4 is 12.0 Å². The molecule has 0 aliphatic heterocycles. The van der Waals surface area contributed by atoms with Crippen LogP contribution in [0.3, 0.4) is 0 Å². The summed E-state index contributed by atoms with van der Waals surface area (Å²) in [6.45, 7) is 2.04. The van der Waals surface area contributed by atoms with Crippen LogP contribution in [0.1, 0.15) is 43.4 Å². The van der Waals surface area contributed by atoms with Gasteiger partial charge in [-0.1, -0.05) is 80.4 Å². The number of amides is 1. The minimum Gasteiger partial charge on any atom is -0.451 e. The standard InChI is InChI=1S/C23H25N3O3/c1-2-3-14-20(25-23(28)26-16-15-24-17-26)22(27)29-21(18-10-6-4-7-11-18)19-12-8-5-9-13-19/h4-13,15-17,20-21H,2-3,14H2,1H3,(H,25,28)/t20-/m0/s1. The third-order valence-corrected chi connectivity index (χ3v) is 4.61. The van der Waals surface area contributed by atoms with Gasteiger partial charge in [0.2, 0.25) is 0 Å². The number of nitrogens with one attached hydrogen (secondary N) is 1. The Labute approximate surface area is 170 Å². The summed E-state index contributed by atoms with van der Waals surface area (Å²) < 4.78 is 7.23. The fraction of sp³-hybridized carbons (Fsp3) is 0.261. The molecule has 0 saturated carbocycles.